The number of anilines is 1. The van der Waals surface area contributed by atoms with Crippen molar-refractivity contribution in [3.8, 4) is 0 Å². The van der Waals surface area contributed by atoms with E-state index in [0.29, 0.717) is 0 Å². The minimum atomic E-state index is -1.20. The molecule has 0 amide bonds. The Balaban J connectivity index is 3.24. The molecule has 0 unspecified atom stereocenters. The average Bonchev–Trinajstić information content (AvgIpc) is 2.21. The molecule has 0 fully saturated rings. The van der Waals surface area contributed by atoms with Crippen molar-refractivity contribution in [2.75, 3.05) is 19.5 Å². The molecule has 1 aromatic carbocycles. The smallest absolute Gasteiger partial charge is 0.340 e. The van der Waals surface area contributed by atoms with Crippen LogP contribution in [-0.2, 0) is 4.74 Å². The molecule has 0 aliphatic heterocycles. The highest BCUT2D eigenvalue weighted by Crippen LogP contribution is 2.20. The van der Waals surface area contributed by atoms with Crippen LogP contribution in [-0.4, -0.2) is 20.1 Å². The molecular formula is C9H9F2NO2. The zero-order chi connectivity index (χ0) is 10.7. The summed E-state index contributed by atoms with van der Waals surface area (Å²) in [6.07, 6.45) is 0. The summed E-state index contributed by atoms with van der Waals surface area (Å²) >= 11 is 0. The number of hydrogen-bond donors (Lipinski definition) is 1. The molecule has 0 radical (unpaired) electrons. The SMILES string of the molecule is CNc1ccc(C(=O)OC)c(F)c1F. The molecule has 0 atom stereocenters. The van der Waals surface area contributed by atoms with E-state index >= 15 is 0 Å². The van der Waals surface area contributed by atoms with Gasteiger partial charge in [0.15, 0.2) is 11.6 Å². The topological polar surface area (TPSA) is 38.3 Å². The van der Waals surface area contributed by atoms with Gasteiger partial charge in [0.1, 0.15) is 0 Å². The fraction of sp³-hybridized carbons (Fsp3) is 0.222. The Morgan fingerprint density at radius 1 is 1.36 bits per heavy atom. The average molecular weight is 201 g/mol. The van der Waals surface area contributed by atoms with Crippen molar-refractivity contribution in [2.45, 2.75) is 0 Å². The van der Waals surface area contributed by atoms with Crippen LogP contribution in [0.4, 0.5) is 14.5 Å². The van der Waals surface area contributed by atoms with Crippen molar-refractivity contribution in [3.05, 3.63) is 29.3 Å². The van der Waals surface area contributed by atoms with Gasteiger partial charge in [-0.15, -0.1) is 0 Å². The molecule has 3 nitrogen and oxygen atoms in total. The monoisotopic (exact) mass is 201 g/mol. The highest BCUT2D eigenvalue weighted by Gasteiger charge is 2.18. The zero-order valence-electron chi connectivity index (χ0n) is 7.73. The second-order valence-corrected chi connectivity index (χ2v) is 2.53. The predicted octanol–water partition coefficient (Wildman–Crippen LogP) is 1.79. The van der Waals surface area contributed by atoms with Gasteiger partial charge in [-0.3, -0.25) is 0 Å². The van der Waals surface area contributed by atoms with Gasteiger partial charge in [-0.2, -0.15) is 0 Å². The number of carbonyl (C=O) groups excluding carboxylic acids is 1. The lowest BCUT2D eigenvalue weighted by atomic mass is 10.2. The summed E-state index contributed by atoms with van der Waals surface area (Å²) in [5.74, 6) is -3.19. The first kappa shape index (κ1) is 10.4. The first-order chi connectivity index (χ1) is 6.61. The Kier molecular flexibility index (Phi) is 3.01. The molecule has 0 spiro atoms. The zero-order valence-corrected chi connectivity index (χ0v) is 7.73. The Morgan fingerprint density at radius 2 is 2.00 bits per heavy atom. The second kappa shape index (κ2) is 4.04. The molecule has 0 saturated heterocycles. The van der Waals surface area contributed by atoms with Gasteiger partial charge in [0.25, 0.3) is 0 Å². The van der Waals surface area contributed by atoms with E-state index in [9.17, 15) is 13.6 Å². The summed E-state index contributed by atoms with van der Waals surface area (Å²) in [6, 6.07) is 2.43. The van der Waals surface area contributed by atoms with Crippen molar-refractivity contribution < 1.29 is 18.3 Å². The van der Waals surface area contributed by atoms with E-state index in [2.05, 4.69) is 10.1 Å². The number of benzene rings is 1. The molecule has 0 aliphatic rings. The maximum Gasteiger partial charge on any atom is 0.340 e. The maximum absolute atomic E-state index is 13.2. The van der Waals surface area contributed by atoms with Crippen LogP contribution < -0.4 is 5.32 Å². The Morgan fingerprint density at radius 3 is 2.50 bits per heavy atom. The van der Waals surface area contributed by atoms with Crippen LogP contribution in [0.15, 0.2) is 12.1 Å². The molecule has 76 valence electrons. The van der Waals surface area contributed by atoms with Crippen LogP contribution in [0.1, 0.15) is 10.4 Å². The first-order valence-corrected chi connectivity index (χ1v) is 3.86. The summed E-state index contributed by atoms with van der Waals surface area (Å²) < 4.78 is 30.6. The molecule has 0 saturated carbocycles. The predicted molar refractivity (Wildman–Crippen MR) is 47.2 cm³/mol. The van der Waals surface area contributed by atoms with Gasteiger partial charge < -0.3 is 10.1 Å². The summed E-state index contributed by atoms with van der Waals surface area (Å²) in [4.78, 5) is 10.9. The Labute approximate surface area is 79.7 Å². The molecule has 0 heterocycles. The van der Waals surface area contributed by atoms with E-state index in [1.165, 1.54) is 13.1 Å². The summed E-state index contributed by atoms with van der Waals surface area (Å²) in [5.41, 5.74) is -0.417. The minimum absolute atomic E-state index is 0.00449. The van der Waals surface area contributed by atoms with Crippen molar-refractivity contribution in [1.29, 1.82) is 0 Å². The first-order valence-electron chi connectivity index (χ1n) is 3.86. The Hall–Kier alpha value is -1.65. The lowest BCUT2D eigenvalue weighted by molar-refractivity contribution is 0.0594. The van der Waals surface area contributed by atoms with Gasteiger partial charge >= 0.3 is 5.97 Å². The largest absolute Gasteiger partial charge is 0.465 e. The third kappa shape index (κ3) is 1.66. The van der Waals surface area contributed by atoms with Crippen LogP contribution in [0.3, 0.4) is 0 Å². The molecule has 5 heteroatoms. The molecule has 1 N–H and O–H groups in total. The van der Waals surface area contributed by atoms with Crippen LogP contribution >= 0.6 is 0 Å². The van der Waals surface area contributed by atoms with Gasteiger partial charge in [-0.05, 0) is 12.1 Å². The molecule has 0 bridgehead atoms. The van der Waals surface area contributed by atoms with Gasteiger partial charge in [0, 0.05) is 7.05 Å². The number of halogens is 2. The van der Waals surface area contributed by atoms with Crippen LogP contribution in [0.2, 0.25) is 0 Å². The lowest BCUT2D eigenvalue weighted by Gasteiger charge is -2.06. The summed E-state index contributed by atoms with van der Waals surface area (Å²) in [5, 5.41) is 2.45. The van der Waals surface area contributed by atoms with E-state index < -0.39 is 23.2 Å². The number of carbonyl (C=O) groups is 1. The molecule has 14 heavy (non-hydrogen) atoms. The molecule has 0 aromatic heterocycles. The number of methoxy groups -OCH3 is 1. The third-order valence-corrected chi connectivity index (χ3v) is 1.76. The Bertz CT molecular complexity index is 366. The van der Waals surface area contributed by atoms with Crippen LogP contribution in [0.5, 0.6) is 0 Å². The van der Waals surface area contributed by atoms with Crippen molar-refractivity contribution in [1.82, 2.24) is 0 Å². The van der Waals surface area contributed by atoms with E-state index in [1.54, 1.807) is 0 Å². The molecule has 1 aromatic rings. The summed E-state index contributed by atoms with van der Waals surface area (Å²) in [7, 11) is 2.56. The normalized spacial score (nSPS) is 9.71. The fourth-order valence-electron chi connectivity index (χ4n) is 1.01. The number of ether oxygens (including phenoxy) is 1. The third-order valence-electron chi connectivity index (χ3n) is 1.76. The van der Waals surface area contributed by atoms with Gasteiger partial charge in [0.05, 0.1) is 18.4 Å². The van der Waals surface area contributed by atoms with Crippen LogP contribution in [0, 0.1) is 11.6 Å². The molecular weight excluding hydrogens is 192 g/mol. The number of hydrogen-bond acceptors (Lipinski definition) is 3. The highest BCUT2D eigenvalue weighted by molar-refractivity contribution is 5.90. The highest BCUT2D eigenvalue weighted by atomic mass is 19.2. The molecule has 1 rings (SSSR count). The number of esters is 1. The van der Waals surface area contributed by atoms with E-state index in [1.807, 2.05) is 0 Å². The van der Waals surface area contributed by atoms with E-state index in [4.69, 9.17) is 0 Å². The number of nitrogens with one attached hydrogen (secondary N) is 1. The van der Waals surface area contributed by atoms with E-state index in [0.717, 1.165) is 13.2 Å². The van der Waals surface area contributed by atoms with Gasteiger partial charge in [-0.25, -0.2) is 13.6 Å². The van der Waals surface area contributed by atoms with Gasteiger partial charge in [0.2, 0.25) is 0 Å². The minimum Gasteiger partial charge on any atom is -0.465 e. The van der Waals surface area contributed by atoms with Crippen molar-refractivity contribution in [2.24, 2.45) is 0 Å². The fourth-order valence-corrected chi connectivity index (χ4v) is 1.01. The van der Waals surface area contributed by atoms with Crippen LogP contribution in [0.25, 0.3) is 0 Å². The lowest BCUT2D eigenvalue weighted by Crippen LogP contribution is -2.07. The maximum atomic E-state index is 13.2. The summed E-state index contributed by atoms with van der Waals surface area (Å²) in [6.45, 7) is 0. The van der Waals surface area contributed by atoms with Crippen molar-refractivity contribution in [3.63, 3.8) is 0 Å². The van der Waals surface area contributed by atoms with E-state index in [-0.39, 0.29) is 5.69 Å². The van der Waals surface area contributed by atoms with Gasteiger partial charge in [-0.1, -0.05) is 0 Å². The molecule has 0 aliphatic carbocycles. The number of rotatable bonds is 2. The second-order valence-electron chi connectivity index (χ2n) is 2.53. The van der Waals surface area contributed by atoms with Crippen molar-refractivity contribution >= 4 is 11.7 Å². The standard InChI is InChI=1S/C9H9F2NO2/c1-12-6-4-3-5(9(13)14-2)7(10)8(6)11/h3-4,12H,1-2H3. The quantitative estimate of drug-likeness (QED) is 0.741.